The van der Waals surface area contributed by atoms with E-state index in [0.29, 0.717) is 36.2 Å². The third-order valence-electron chi connectivity index (χ3n) is 3.90. The smallest absolute Gasteiger partial charge is 0.228 e. The Bertz CT molecular complexity index is 849. The zero-order valence-electron chi connectivity index (χ0n) is 14.7. The lowest BCUT2D eigenvalue weighted by atomic mass is 10.2. The average Bonchev–Trinajstić information content (AvgIpc) is 3.14. The van der Waals surface area contributed by atoms with Crippen LogP contribution in [-0.4, -0.2) is 30.9 Å². The van der Waals surface area contributed by atoms with Gasteiger partial charge in [0.15, 0.2) is 0 Å². The molecule has 3 rings (SSSR count). The van der Waals surface area contributed by atoms with Crippen molar-refractivity contribution in [2.45, 2.75) is 13.0 Å². The van der Waals surface area contributed by atoms with Gasteiger partial charge in [-0.05, 0) is 30.3 Å². The van der Waals surface area contributed by atoms with Crippen LogP contribution in [-0.2, 0) is 13.0 Å². The first kappa shape index (κ1) is 18.2. The van der Waals surface area contributed by atoms with E-state index in [-0.39, 0.29) is 0 Å². The Morgan fingerprint density at radius 3 is 2.62 bits per heavy atom. The van der Waals surface area contributed by atoms with Crippen molar-refractivity contribution in [3.8, 4) is 22.9 Å². The van der Waals surface area contributed by atoms with Crippen molar-refractivity contribution in [2.24, 2.45) is 0 Å². The summed E-state index contributed by atoms with van der Waals surface area (Å²) in [7, 11) is 3.28. The predicted octanol–water partition coefficient (Wildman–Crippen LogP) is 3.74. The number of benzene rings is 2. The molecule has 0 amide bonds. The molecule has 0 atom stereocenters. The first-order valence-corrected chi connectivity index (χ1v) is 8.57. The molecule has 0 aliphatic carbocycles. The van der Waals surface area contributed by atoms with Crippen molar-refractivity contribution in [1.29, 1.82) is 0 Å². The Kier molecular flexibility index (Phi) is 6.09. The highest BCUT2D eigenvalue weighted by atomic mass is 35.5. The number of aromatic nitrogens is 2. The summed E-state index contributed by atoms with van der Waals surface area (Å²) in [6.07, 6.45) is 0.638. The quantitative estimate of drug-likeness (QED) is 0.606. The molecule has 0 unspecified atom stereocenters. The summed E-state index contributed by atoms with van der Waals surface area (Å²) in [6.45, 7) is 1.38. The SMILES string of the molecule is COc1ccc(CNCCc2nc(-c3ccc(Cl)cc3)no2)c(OC)c1. The van der Waals surface area contributed by atoms with Gasteiger partial charge in [0.2, 0.25) is 11.7 Å². The maximum absolute atomic E-state index is 5.89. The molecule has 0 aliphatic heterocycles. The van der Waals surface area contributed by atoms with Gasteiger partial charge in [-0.3, -0.25) is 0 Å². The van der Waals surface area contributed by atoms with E-state index in [4.69, 9.17) is 25.6 Å². The van der Waals surface area contributed by atoms with E-state index < -0.39 is 0 Å². The molecule has 7 heteroatoms. The predicted molar refractivity (Wildman–Crippen MR) is 99.7 cm³/mol. The first-order valence-electron chi connectivity index (χ1n) is 8.19. The van der Waals surface area contributed by atoms with E-state index in [2.05, 4.69) is 15.5 Å². The summed E-state index contributed by atoms with van der Waals surface area (Å²) in [5.74, 6) is 2.71. The molecule has 26 heavy (non-hydrogen) atoms. The highest BCUT2D eigenvalue weighted by molar-refractivity contribution is 6.30. The maximum Gasteiger partial charge on any atom is 0.228 e. The van der Waals surface area contributed by atoms with E-state index in [0.717, 1.165) is 22.6 Å². The summed E-state index contributed by atoms with van der Waals surface area (Å²) in [5, 5.41) is 8.04. The molecule has 0 fully saturated rings. The van der Waals surface area contributed by atoms with E-state index in [1.807, 2.05) is 30.3 Å². The summed E-state index contributed by atoms with van der Waals surface area (Å²) >= 11 is 5.89. The van der Waals surface area contributed by atoms with Crippen LogP contribution in [0.2, 0.25) is 5.02 Å². The largest absolute Gasteiger partial charge is 0.497 e. The fraction of sp³-hybridized carbons (Fsp3) is 0.263. The molecule has 0 saturated carbocycles. The van der Waals surface area contributed by atoms with E-state index in [9.17, 15) is 0 Å². The van der Waals surface area contributed by atoms with Gasteiger partial charge < -0.3 is 19.3 Å². The molecule has 0 aliphatic rings. The van der Waals surface area contributed by atoms with Gasteiger partial charge in [-0.1, -0.05) is 22.8 Å². The lowest BCUT2D eigenvalue weighted by molar-refractivity contribution is 0.375. The zero-order chi connectivity index (χ0) is 18.4. The summed E-state index contributed by atoms with van der Waals surface area (Å²) < 4.78 is 15.9. The standard InChI is InChI=1S/C19H20ClN3O3/c1-24-16-8-5-14(17(11-16)25-2)12-21-10-9-18-22-19(23-26-18)13-3-6-15(20)7-4-13/h3-8,11,21H,9-10,12H2,1-2H3. The second-order valence-corrected chi connectivity index (χ2v) is 6.06. The number of nitrogens with zero attached hydrogens (tertiary/aromatic N) is 2. The minimum absolute atomic E-state index is 0.563. The van der Waals surface area contributed by atoms with Gasteiger partial charge in [0, 0.05) is 41.7 Å². The molecular weight excluding hydrogens is 354 g/mol. The van der Waals surface area contributed by atoms with Gasteiger partial charge in [0.1, 0.15) is 11.5 Å². The van der Waals surface area contributed by atoms with Crippen molar-refractivity contribution in [2.75, 3.05) is 20.8 Å². The van der Waals surface area contributed by atoms with Gasteiger partial charge in [-0.2, -0.15) is 4.98 Å². The summed E-state index contributed by atoms with van der Waals surface area (Å²) in [4.78, 5) is 4.41. The highest BCUT2D eigenvalue weighted by Gasteiger charge is 2.09. The number of nitrogens with one attached hydrogen (secondary N) is 1. The molecule has 2 aromatic carbocycles. The Morgan fingerprint density at radius 1 is 1.08 bits per heavy atom. The number of ether oxygens (including phenoxy) is 2. The van der Waals surface area contributed by atoms with Crippen LogP contribution in [0.15, 0.2) is 47.0 Å². The summed E-state index contributed by atoms with van der Waals surface area (Å²) in [5.41, 5.74) is 1.93. The van der Waals surface area contributed by atoms with E-state index in [1.54, 1.807) is 26.4 Å². The molecule has 1 heterocycles. The fourth-order valence-electron chi connectivity index (χ4n) is 2.49. The second kappa shape index (κ2) is 8.69. The Labute approximate surface area is 157 Å². The first-order chi connectivity index (χ1) is 12.7. The molecule has 6 nitrogen and oxygen atoms in total. The second-order valence-electron chi connectivity index (χ2n) is 5.62. The molecule has 1 N–H and O–H groups in total. The third-order valence-corrected chi connectivity index (χ3v) is 4.15. The lowest BCUT2D eigenvalue weighted by Gasteiger charge is -2.10. The normalized spacial score (nSPS) is 10.7. The van der Waals surface area contributed by atoms with Gasteiger partial charge in [0.05, 0.1) is 14.2 Å². The Morgan fingerprint density at radius 2 is 1.88 bits per heavy atom. The molecule has 3 aromatic rings. The maximum atomic E-state index is 5.89. The third kappa shape index (κ3) is 4.53. The van der Waals surface area contributed by atoms with E-state index >= 15 is 0 Å². The van der Waals surface area contributed by atoms with Crippen LogP contribution in [0.1, 0.15) is 11.5 Å². The van der Waals surface area contributed by atoms with Crippen molar-refractivity contribution in [1.82, 2.24) is 15.5 Å². The molecule has 136 valence electrons. The minimum atomic E-state index is 0.563. The van der Waals surface area contributed by atoms with Crippen LogP contribution in [0.25, 0.3) is 11.4 Å². The number of hydrogen-bond donors (Lipinski definition) is 1. The number of methoxy groups -OCH3 is 2. The Hall–Kier alpha value is -2.57. The van der Waals surface area contributed by atoms with Crippen LogP contribution in [0.3, 0.4) is 0 Å². The van der Waals surface area contributed by atoms with Crippen molar-refractivity contribution < 1.29 is 14.0 Å². The number of rotatable bonds is 8. The van der Waals surface area contributed by atoms with E-state index in [1.165, 1.54) is 0 Å². The average molecular weight is 374 g/mol. The zero-order valence-corrected chi connectivity index (χ0v) is 15.4. The summed E-state index contributed by atoms with van der Waals surface area (Å²) in [6, 6.07) is 13.1. The van der Waals surface area contributed by atoms with Crippen molar-refractivity contribution in [3.05, 3.63) is 58.9 Å². The van der Waals surface area contributed by atoms with Crippen LogP contribution >= 0.6 is 11.6 Å². The van der Waals surface area contributed by atoms with Gasteiger partial charge >= 0.3 is 0 Å². The Balaban J connectivity index is 1.52. The molecule has 0 spiro atoms. The minimum Gasteiger partial charge on any atom is -0.497 e. The number of hydrogen-bond acceptors (Lipinski definition) is 6. The molecule has 1 aromatic heterocycles. The van der Waals surface area contributed by atoms with Crippen LogP contribution in [0.5, 0.6) is 11.5 Å². The van der Waals surface area contributed by atoms with Gasteiger partial charge in [0.25, 0.3) is 0 Å². The van der Waals surface area contributed by atoms with Crippen molar-refractivity contribution >= 4 is 11.6 Å². The number of halogens is 1. The topological polar surface area (TPSA) is 69.4 Å². The molecule has 0 bridgehead atoms. The van der Waals surface area contributed by atoms with Crippen molar-refractivity contribution in [3.63, 3.8) is 0 Å². The van der Waals surface area contributed by atoms with Gasteiger partial charge in [-0.15, -0.1) is 0 Å². The molecular formula is C19H20ClN3O3. The van der Waals surface area contributed by atoms with Crippen LogP contribution in [0.4, 0.5) is 0 Å². The fourth-order valence-corrected chi connectivity index (χ4v) is 2.61. The lowest BCUT2D eigenvalue weighted by Crippen LogP contribution is -2.17. The monoisotopic (exact) mass is 373 g/mol. The van der Waals surface area contributed by atoms with Crippen LogP contribution < -0.4 is 14.8 Å². The molecule has 0 radical (unpaired) electrons. The molecule has 0 saturated heterocycles. The van der Waals surface area contributed by atoms with Gasteiger partial charge in [-0.25, -0.2) is 0 Å². The highest BCUT2D eigenvalue weighted by Crippen LogP contribution is 2.24. The van der Waals surface area contributed by atoms with Crippen LogP contribution in [0, 0.1) is 0 Å².